The maximum atomic E-state index is 13.1. The molecule has 1 aromatic heterocycles. The highest BCUT2D eigenvalue weighted by Crippen LogP contribution is 2.22. The predicted molar refractivity (Wildman–Crippen MR) is 120 cm³/mol. The van der Waals surface area contributed by atoms with Crippen LogP contribution in [0.2, 0.25) is 0 Å². The van der Waals surface area contributed by atoms with Gasteiger partial charge in [-0.05, 0) is 30.0 Å². The highest BCUT2D eigenvalue weighted by atomic mass is 16.2. The molecule has 160 valence electrons. The van der Waals surface area contributed by atoms with Crippen molar-refractivity contribution in [2.75, 3.05) is 26.2 Å². The summed E-state index contributed by atoms with van der Waals surface area (Å²) in [4.78, 5) is 34.0. The van der Waals surface area contributed by atoms with E-state index in [1.54, 1.807) is 22.0 Å². The number of hydrogen-bond acceptors (Lipinski definition) is 3. The number of amides is 2. The van der Waals surface area contributed by atoms with Crippen LogP contribution in [0.1, 0.15) is 23.0 Å². The van der Waals surface area contributed by atoms with Gasteiger partial charge in [-0.15, -0.1) is 0 Å². The summed E-state index contributed by atoms with van der Waals surface area (Å²) in [7, 11) is 1.84. The van der Waals surface area contributed by atoms with E-state index >= 15 is 0 Å². The summed E-state index contributed by atoms with van der Waals surface area (Å²) in [6.45, 7) is 4.12. The van der Waals surface area contributed by atoms with Gasteiger partial charge >= 0.3 is 0 Å². The summed E-state index contributed by atoms with van der Waals surface area (Å²) in [5.74, 6) is -0.264. The van der Waals surface area contributed by atoms with E-state index in [1.165, 1.54) is 5.56 Å². The molecule has 1 saturated heterocycles. The topological polar surface area (TPSA) is 58.4 Å². The molecule has 4 rings (SSSR count). The summed E-state index contributed by atoms with van der Waals surface area (Å²) >= 11 is 0. The van der Waals surface area contributed by atoms with Gasteiger partial charge in [-0.3, -0.25) is 9.59 Å². The average molecular weight is 417 g/mol. The second-order valence-electron chi connectivity index (χ2n) is 8.06. The Hall–Kier alpha value is -3.41. The molecule has 1 fully saturated rings. The summed E-state index contributed by atoms with van der Waals surface area (Å²) in [5.41, 5.74) is 3.84. The fourth-order valence-electron chi connectivity index (χ4n) is 4.13. The van der Waals surface area contributed by atoms with Gasteiger partial charge in [-0.1, -0.05) is 54.6 Å². The van der Waals surface area contributed by atoms with Gasteiger partial charge in [0.2, 0.25) is 5.91 Å². The third-order valence-electron chi connectivity index (χ3n) is 5.88. The van der Waals surface area contributed by atoms with E-state index in [4.69, 9.17) is 0 Å². The van der Waals surface area contributed by atoms with Gasteiger partial charge in [0.1, 0.15) is 5.69 Å². The van der Waals surface area contributed by atoms with E-state index in [-0.39, 0.29) is 17.7 Å². The Kier molecular flexibility index (Phi) is 6.16. The molecule has 2 aromatic carbocycles. The number of benzene rings is 2. The lowest BCUT2D eigenvalue weighted by molar-refractivity contribution is -0.134. The zero-order chi connectivity index (χ0) is 21.8. The summed E-state index contributed by atoms with van der Waals surface area (Å²) < 4.78 is 1.76. The number of hydrogen-bond donors (Lipinski definition) is 0. The maximum Gasteiger partial charge on any atom is 0.274 e. The van der Waals surface area contributed by atoms with Crippen molar-refractivity contribution in [3.05, 3.63) is 78.4 Å². The second kappa shape index (κ2) is 9.16. The van der Waals surface area contributed by atoms with Gasteiger partial charge in [0, 0.05) is 39.4 Å². The van der Waals surface area contributed by atoms with E-state index in [1.807, 2.05) is 37.1 Å². The Morgan fingerprint density at radius 2 is 1.74 bits per heavy atom. The number of aryl methyl sites for hydroxylation is 1. The van der Waals surface area contributed by atoms with Crippen LogP contribution in [0.5, 0.6) is 0 Å². The molecular formula is C25H28N4O2. The Morgan fingerprint density at radius 3 is 2.39 bits per heavy atom. The lowest BCUT2D eigenvalue weighted by Gasteiger charge is -2.23. The Bertz CT molecular complexity index is 1040. The molecule has 2 amide bonds. The van der Waals surface area contributed by atoms with Crippen molar-refractivity contribution in [2.24, 2.45) is 13.0 Å². The average Bonchev–Trinajstić information content (AvgIpc) is 3.17. The highest BCUT2D eigenvalue weighted by Gasteiger charge is 2.32. The molecular weight excluding hydrogens is 388 g/mol. The number of aromatic nitrogens is 2. The lowest BCUT2D eigenvalue weighted by atomic mass is 9.95. The quantitative estimate of drug-likeness (QED) is 0.642. The van der Waals surface area contributed by atoms with Crippen LogP contribution >= 0.6 is 0 Å². The van der Waals surface area contributed by atoms with Crippen molar-refractivity contribution in [1.29, 1.82) is 0 Å². The number of carbonyl (C=O) groups is 2. The van der Waals surface area contributed by atoms with Crippen molar-refractivity contribution >= 4 is 11.8 Å². The number of nitrogens with zero attached hydrogens (tertiary/aromatic N) is 4. The van der Waals surface area contributed by atoms with Crippen molar-refractivity contribution in [1.82, 2.24) is 19.4 Å². The predicted octanol–water partition coefficient (Wildman–Crippen LogP) is 3.25. The molecule has 0 saturated carbocycles. The molecule has 1 atom stereocenters. The van der Waals surface area contributed by atoms with Crippen molar-refractivity contribution in [3.63, 3.8) is 0 Å². The Labute approximate surface area is 183 Å². The molecule has 3 aromatic rings. The lowest BCUT2D eigenvalue weighted by Crippen LogP contribution is -2.38. The third kappa shape index (κ3) is 4.68. The molecule has 0 N–H and O–H groups in total. The zero-order valence-electron chi connectivity index (χ0n) is 18.1. The van der Waals surface area contributed by atoms with Gasteiger partial charge in [0.25, 0.3) is 5.91 Å². The first-order chi connectivity index (χ1) is 15.0. The van der Waals surface area contributed by atoms with Crippen LogP contribution in [-0.4, -0.2) is 57.3 Å². The first-order valence-corrected chi connectivity index (χ1v) is 10.8. The van der Waals surface area contributed by atoms with E-state index in [0.717, 1.165) is 11.1 Å². The van der Waals surface area contributed by atoms with Crippen molar-refractivity contribution in [3.8, 4) is 11.1 Å². The molecule has 1 aliphatic heterocycles. The number of rotatable bonds is 5. The van der Waals surface area contributed by atoms with Crippen LogP contribution in [0.25, 0.3) is 11.1 Å². The Balaban J connectivity index is 1.52. The van der Waals surface area contributed by atoms with E-state index in [9.17, 15) is 9.59 Å². The Morgan fingerprint density at radius 1 is 1.03 bits per heavy atom. The second-order valence-corrected chi connectivity index (χ2v) is 8.06. The first kappa shape index (κ1) is 20.8. The van der Waals surface area contributed by atoms with E-state index in [2.05, 4.69) is 41.4 Å². The smallest absolute Gasteiger partial charge is 0.274 e. The maximum absolute atomic E-state index is 13.1. The summed E-state index contributed by atoms with van der Waals surface area (Å²) in [5, 5.41) is 0. The van der Waals surface area contributed by atoms with Gasteiger partial charge in [0.15, 0.2) is 0 Å². The summed E-state index contributed by atoms with van der Waals surface area (Å²) in [6, 6.07) is 18.6. The van der Waals surface area contributed by atoms with Crippen LogP contribution in [0.3, 0.4) is 0 Å². The number of carbonyl (C=O) groups excluding carboxylic acids is 2. The molecule has 2 heterocycles. The first-order valence-electron chi connectivity index (χ1n) is 10.8. The number of likely N-dealkylation sites (N-methyl/N-ethyl adjacent to an activating group) is 1. The zero-order valence-corrected chi connectivity index (χ0v) is 18.1. The van der Waals surface area contributed by atoms with Gasteiger partial charge < -0.3 is 14.4 Å². The van der Waals surface area contributed by atoms with E-state index in [0.29, 0.717) is 38.3 Å². The molecule has 0 aliphatic carbocycles. The van der Waals surface area contributed by atoms with Gasteiger partial charge in [0.05, 0.1) is 12.2 Å². The van der Waals surface area contributed by atoms with Crippen molar-refractivity contribution < 1.29 is 9.59 Å². The largest absolute Gasteiger partial charge is 0.341 e. The van der Waals surface area contributed by atoms with Crippen LogP contribution in [0.15, 0.2) is 67.1 Å². The molecule has 31 heavy (non-hydrogen) atoms. The molecule has 0 radical (unpaired) electrons. The molecule has 0 bridgehead atoms. The third-order valence-corrected chi connectivity index (χ3v) is 5.88. The fourth-order valence-corrected chi connectivity index (χ4v) is 4.13. The monoisotopic (exact) mass is 416 g/mol. The minimum Gasteiger partial charge on any atom is -0.341 e. The van der Waals surface area contributed by atoms with Crippen LogP contribution in [0, 0.1) is 5.92 Å². The molecule has 0 spiro atoms. The molecule has 6 heteroatoms. The highest BCUT2D eigenvalue weighted by molar-refractivity contribution is 5.93. The normalized spacial score (nSPS) is 17.0. The standard InChI is InChI=1S/C25H28N4O2/c1-3-28-13-14-29(25(31)23-17-27(2)18-26-23)16-22(24(28)30)15-19-9-11-21(12-10-19)20-7-5-4-6-8-20/h4-12,17-18,22H,3,13-16H2,1-2H3. The minimum absolute atomic E-state index is 0.115. The van der Waals surface area contributed by atoms with Crippen LogP contribution in [0.4, 0.5) is 0 Å². The van der Waals surface area contributed by atoms with Crippen LogP contribution in [-0.2, 0) is 18.3 Å². The fraction of sp³-hybridized carbons (Fsp3) is 0.320. The SMILES string of the molecule is CCN1CCN(C(=O)c2cn(C)cn2)CC(Cc2ccc(-c3ccccc3)cc2)C1=O. The molecule has 1 unspecified atom stereocenters. The molecule has 6 nitrogen and oxygen atoms in total. The van der Waals surface area contributed by atoms with E-state index < -0.39 is 0 Å². The molecule has 1 aliphatic rings. The van der Waals surface area contributed by atoms with Crippen molar-refractivity contribution in [2.45, 2.75) is 13.3 Å². The number of imidazole rings is 1. The van der Waals surface area contributed by atoms with Gasteiger partial charge in [-0.2, -0.15) is 0 Å². The summed E-state index contributed by atoms with van der Waals surface area (Å²) in [6.07, 6.45) is 3.96. The minimum atomic E-state index is -0.266. The van der Waals surface area contributed by atoms with Gasteiger partial charge in [-0.25, -0.2) is 4.98 Å². The van der Waals surface area contributed by atoms with Crippen LogP contribution < -0.4 is 0 Å².